The highest BCUT2D eigenvalue weighted by Crippen LogP contribution is 2.28. The van der Waals surface area contributed by atoms with Gasteiger partial charge in [0, 0.05) is 11.3 Å². The van der Waals surface area contributed by atoms with Gasteiger partial charge in [-0.25, -0.2) is 4.98 Å². The molecule has 1 aromatic rings. The van der Waals surface area contributed by atoms with Crippen LogP contribution in [0.25, 0.3) is 0 Å². The molecule has 4 nitrogen and oxygen atoms in total. The SMILES string of the molecule is Cc1nc(C(C)(C)NC(=O)CC(C)C2CCNCC2)sc1C. The molecule has 1 aliphatic heterocycles. The molecule has 0 radical (unpaired) electrons. The number of nitrogens with zero attached hydrogens (tertiary/aromatic N) is 1. The molecule has 0 aromatic carbocycles. The monoisotopic (exact) mass is 323 g/mol. The molecule has 0 aliphatic carbocycles. The molecular weight excluding hydrogens is 294 g/mol. The zero-order valence-electron chi connectivity index (χ0n) is 14.5. The summed E-state index contributed by atoms with van der Waals surface area (Å²) in [5.41, 5.74) is 0.666. The van der Waals surface area contributed by atoms with Crippen LogP contribution in [0.15, 0.2) is 0 Å². The van der Waals surface area contributed by atoms with Gasteiger partial charge in [0.1, 0.15) is 5.01 Å². The Kier molecular flexibility index (Phi) is 5.61. The minimum Gasteiger partial charge on any atom is -0.345 e. The minimum absolute atomic E-state index is 0.140. The molecule has 0 saturated carbocycles. The Morgan fingerprint density at radius 3 is 2.59 bits per heavy atom. The first-order valence-corrected chi connectivity index (χ1v) is 9.07. The predicted molar refractivity (Wildman–Crippen MR) is 92.1 cm³/mol. The maximum atomic E-state index is 12.4. The van der Waals surface area contributed by atoms with Gasteiger partial charge in [-0.3, -0.25) is 4.79 Å². The second-order valence-corrected chi connectivity index (χ2v) is 8.31. The molecule has 0 spiro atoms. The summed E-state index contributed by atoms with van der Waals surface area (Å²) < 4.78 is 0. The van der Waals surface area contributed by atoms with E-state index in [0.717, 1.165) is 23.8 Å². The van der Waals surface area contributed by atoms with Gasteiger partial charge in [-0.1, -0.05) is 6.92 Å². The lowest BCUT2D eigenvalue weighted by atomic mass is 9.84. The fourth-order valence-electron chi connectivity index (χ4n) is 3.07. The molecular formula is C17H29N3OS. The lowest BCUT2D eigenvalue weighted by Crippen LogP contribution is -2.42. The smallest absolute Gasteiger partial charge is 0.221 e. The number of hydrogen-bond donors (Lipinski definition) is 2. The number of amides is 1. The van der Waals surface area contributed by atoms with Crippen molar-refractivity contribution in [3.63, 3.8) is 0 Å². The van der Waals surface area contributed by atoms with Crippen molar-refractivity contribution in [3.8, 4) is 0 Å². The van der Waals surface area contributed by atoms with Crippen molar-refractivity contribution < 1.29 is 4.79 Å². The van der Waals surface area contributed by atoms with Crippen LogP contribution in [0, 0.1) is 25.7 Å². The first-order valence-electron chi connectivity index (χ1n) is 8.26. The van der Waals surface area contributed by atoms with E-state index >= 15 is 0 Å². The molecule has 124 valence electrons. The number of aromatic nitrogens is 1. The zero-order valence-corrected chi connectivity index (χ0v) is 15.3. The van der Waals surface area contributed by atoms with Gasteiger partial charge in [0.05, 0.1) is 11.2 Å². The molecule has 2 N–H and O–H groups in total. The van der Waals surface area contributed by atoms with Gasteiger partial charge in [0.2, 0.25) is 5.91 Å². The van der Waals surface area contributed by atoms with Crippen molar-refractivity contribution >= 4 is 17.2 Å². The summed E-state index contributed by atoms with van der Waals surface area (Å²) >= 11 is 1.68. The van der Waals surface area contributed by atoms with E-state index in [1.165, 1.54) is 17.7 Å². The summed E-state index contributed by atoms with van der Waals surface area (Å²) in [6.07, 6.45) is 2.98. The van der Waals surface area contributed by atoms with Crippen molar-refractivity contribution in [2.24, 2.45) is 11.8 Å². The van der Waals surface area contributed by atoms with E-state index in [-0.39, 0.29) is 5.91 Å². The Morgan fingerprint density at radius 2 is 2.05 bits per heavy atom. The van der Waals surface area contributed by atoms with Crippen LogP contribution in [-0.2, 0) is 10.3 Å². The van der Waals surface area contributed by atoms with Gasteiger partial charge in [-0.15, -0.1) is 11.3 Å². The predicted octanol–water partition coefficient (Wildman–Crippen LogP) is 3.14. The van der Waals surface area contributed by atoms with Gasteiger partial charge in [-0.05, 0) is 65.5 Å². The lowest BCUT2D eigenvalue weighted by molar-refractivity contribution is -0.124. The summed E-state index contributed by atoms with van der Waals surface area (Å²) in [4.78, 5) is 18.2. The van der Waals surface area contributed by atoms with Crippen LogP contribution < -0.4 is 10.6 Å². The molecule has 2 heterocycles. The van der Waals surface area contributed by atoms with E-state index in [2.05, 4.69) is 29.5 Å². The van der Waals surface area contributed by atoms with E-state index in [9.17, 15) is 4.79 Å². The fourth-order valence-corrected chi connectivity index (χ4v) is 4.04. The Morgan fingerprint density at radius 1 is 1.41 bits per heavy atom. The molecule has 2 rings (SSSR count). The molecule has 1 unspecified atom stereocenters. The summed E-state index contributed by atoms with van der Waals surface area (Å²) in [6.45, 7) is 12.6. The first-order chi connectivity index (χ1) is 10.3. The van der Waals surface area contributed by atoms with Crippen LogP contribution in [0.1, 0.15) is 55.6 Å². The Hall–Kier alpha value is -0.940. The zero-order chi connectivity index (χ0) is 16.3. The van der Waals surface area contributed by atoms with Crippen LogP contribution in [0.3, 0.4) is 0 Å². The average Bonchev–Trinajstić information content (AvgIpc) is 2.80. The number of rotatable bonds is 5. The third kappa shape index (κ3) is 4.29. The highest BCUT2D eigenvalue weighted by Gasteiger charge is 2.29. The second kappa shape index (κ2) is 7.09. The number of piperidine rings is 1. The van der Waals surface area contributed by atoms with E-state index in [1.54, 1.807) is 11.3 Å². The number of thiazole rings is 1. The first kappa shape index (κ1) is 17.4. The van der Waals surface area contributed by atoms with Crippen LogP contribution in [0.5, 0.6) is 0 Å². The molecule has 1 amide bonds. The Bertz CT molecular complexity index is 498. The molecule has 5 heteroatoms. The van der Waals surface area contributed by atoms with Gasteiger partial charge in [0.25, 0.3) is 0 Å². The van der Waals surface area contributed by atoms with Crippen LogP contribution in [0.2, 0.25) is 0 Å². The highest BCUT2D eigenvalue weighted by atomic mass is 32.1. The van der Waals surface area contributed by atoms with Crippen molar-refractivity contribution in [1.82, 2.24) is 15.6 Å². The normalized spacial score (nSPS) is 18.2. The van der Waals surface area contributed by atoms with Gasteiger partial charge in [-0.2, -0.15) is 0 Å². The average molecular weight is 324 g/mol. The lowest BCUT2D eigenvalue weighted by Gasteiger charge is -2.29. The summed E-state index contributed by atoms with van der Waals surface area (Å²) in [5, 5.41) is 7.55. The summed E-state index contributed by atoms with van der Waals surface area (Å²) in [5.74, 6) is 1.25. The fraction of sp³-hybridized carbons (Fsp3) is 0.765. The number of carbonyl (C=O) groups excluding carboxylic acids is 1. The van der Waals surface area contributed by atoms with Crippen LogP contribution in [-0.4, -0.2) is 24.0 Å². The number of carbonyl (C=O) groups is 1. The van der Waals surface area contributed by atoms with Gasteiger partial charge < -0.3 is 10.6 Å². The van der Waals surface area contributed by atoms with Crippen molar-refractivity contribution in [1.29, 1.82) is 0 Å². The van der Waals surface area contributed by atoms with Crippen LogP contribution >= 0.6 is 11.3 Å². The van der Waals surface area contributed by atoms with Crippen LogP contribution in [0.4, 0.5) is 0 Å². The number of nitrogens with one attached hydrogen (secondary N) is 2. The van der Waals surface area contributed by atoms with Gasteiger partial charge >= 0.3 is 0 Å². The van der Waals surface area contributed by atoms with Crippen molar-refractivity contribution in [2.45, 2.75) is 59.4 Å². The largest absolute Gasteiger partial charge is 0.345 e. The molecule has 0 bridgehead atoms. The Labute approximate surface area is 138 Å². The highest BCUT2D eigenvalue weighted by molar-refractivity contribution is 7.11. The number of aryl methyl sites for hydroxylation is 2. The van der Waals surface area contributed by atoms with E-state index in [4.69, 9.17) is 0 Å². The second-order valence-electron chi connectivity index (χ2n) is 7.10. The summed E-state index contributed by atoms with van der Waals surface area (Å²) in [6, 6.07) is 0. The number of hydrogen-bond acceptors (Lipinski definition) is 4. The molecule has 22 heavy (non-hydrogen) atoms. The molecule has 1 atom stereocenters. The topological polar surface area (TPSA) is 54.0 Å². The van der Waals surface area contributed by atoms with Crippen molar-refractivity contribution in [3.05, 3.63) is 15.6 Å². The molecule has 1 aromatic heterocycles. The maximum Gasteiger partial charge on any atom is 0.221 e. The van der Waals surface area contributed by atoms with E-state index in [0.29, 0.717) is 18.3 Å². The third-order valence-electron chi connectivity index (χ3n) is 4.71. The van der Waals surface area contributed by atoms with E-state index in [1.807, 2.05) is 20.8 Å². The molecule has 1 fully saturated rings. The third-order valence-corrected chi connectivity index (χ3v) is 6.11. The maximum absolute atomic E-state index is 12.4. The van der Waals surface area contributed by atoms with Gasteiger partial charge in [0.15, 0.2) is 0 Å². The standard InChI is InChI=1S/C17H29N3OS/c1-11(14-6-8-18-9-7-14)10-15(21)20-17(4,5)16-19-12(2)13(3)22-16/h11,14,18H,6-10H2,1-5H3,(H,20,21). The molecule has 1 saturated heterocycles. The quantitative estimate of drug-likeness (QED) is 0.875. The molecule has 1 aliphatic rings. The van der Waals surface area contributed by atoms with Crippen molar-refractivity contribution in [2.75, 3.05) is 13.1 Å². The summed E-state index contributed by atoms with van der Waals surface area (Å²) in [7, 11) is 0. The Balaban J connectivity index is 1.92. The van der Waals surface area contributed by atoms with E-state index < -0.39 is 5.54 Å². The minimum atomic E-state index is -0.394.